The molecule has 0 aliphatic heterocycles. The maximum atomic E-state index is 10.8. The number of amides is 1. The van der Waals surface area contributed by atoms with Crippen LogP contribution in [0.15, 0.2) is 0 Å². The van der Waals surface area contributed by atoms with E-state index in [1.807, 2.05) is 6.92 Å². The van der Waals surface area contributed by atoms with Crippen molar-refractivity contribution < 1.29 is 9.63 Å². The summed E-state index contributed by atoms with van der Waals surface area (Å²) in [5.41, 5.74) is 2.46. The minimum absolute atomic E-state index is 0.0272. The lowest BCUT2D eigenvalue weighted by molar-refractivity contribution is -0.139. The number of hydrogen-bond donors (Lipinski definition) is 1. The molecule has 1 amide bonds. The SMILES string of the molecule is CCC(=O)NOC1CCCCC1. The van der Waals surface area contributed by atoms with Gasteiger partial charge in [-0.3, -0.25) is 9.63 Å². The van der Waals surface area contributed by atoms with Crippen LogP contribution in [0.4, 0.5) is 0 Å². The molecule has 1 rings (SSSR count). The molecule has 3 nitrogen and oxygen atoms in total. The standard InChI is InChI=1S/C9H17NO2/c1-2-9(11)10-12-8-6-4-3-5-7-8/h8H,2-7H2,1H3,(H,10,11). The molecule has 1 fully saturated rings. The van der Waals surface area contributed by atoms with Crippen molar-refractivity contribution in [1.29, 1.82) is 0 Å². The fraction of sp³-hybridized carbons (Fsp3) is 0.889. The third-order valence-electron chi connectivity index (χ3n) is 2.21. The zero-order valence-electron chi connectivity index (χ0n) is 7.64. The fourth-order valence-electron chi connectivity index (χ4n) is 1.40. The molecule has 0 saturated heterocycles. The summed E-state index contributed by atoms with van der Waals surface area (Å²) in [5.74, 6) is -0.0272. The second-order valence-electron chi connectivity index (χ2n) is 3.26. The Morgan fingerprint density at radius 1 is 1.42 bits per heavy atom. The van der Waals surface area contributed by atoms with Crippen LogP contribution in [0, 0.1) is 0 Å². The van der Waals surface area contributed by atoms with Crippen molar-refractivity contribution in [3.63, 3.8) is 0 Å². The van der Waals surface area contributed by atoms with E-state index >= 15 is 0 Å². The molecule has 0 spiro atoms. The quantitative estimate of drug-likeness (QED) is 0.657. The summed E-state index contributed by atoms with van der Waals surface area (Å²) >= 11 is 0. The molecule has 0 heterocycles. The summed E-state index contributed by atoms with van der Waals surface area (Å²) in [6.07, 6.45) is 6.69. The number of hydroxylamine groups is 1. The minimum atomic E-state index is -0.0272. The zero-order chi connectivity index (χ0) is 8.81. The van der Waals surface area contributed by atoms with E-state index in [1.54, 1.807) is 0 Å². The van der Waals surface area contributed by atoms with Gasteiger partial charge in [0, 0.05) is 6.42 Å². The molecule has 0 unspecified atom stereocenters. The Hall–Kier alpha value is -0.570. The van der Waals surface area contributed by atoms with Crippen molar-refractivity contribution in [2.24, 2.45) is 0 Å². The van der Waals surface area contributed by atoms with Gasteiger partial charge in [-0.05, 0) is 12.8 Å². The van der Waals surface area contributed by atoms with Crippen molar-refractivity contribution in [1.82, 2.24) is 5.48 Å². The lowest BCUT2D eigenvalue weighted by Crippen LogP contribution is -2.30. The predicted octanol–water partition coefficient (Wildman–Crippen LogP) is 1.78. The van der Waals surface area contributed by atoms with Gasteiger partial charge in [0.05, 0.1) is 6.10 Å². The lowest BCUT2D eigenvalue weighted by atomic mass is 9.98. The van der Waals surface area contributed by atoms with Crippen molar-refractivity contribution in [3.8, 4) is 0 Å². The van der Waals surface area contributed by atoms with Crippen LogP contribution >= 0.6 is 0 Å². The third-order valence-corrected chi connectivity index (χ3v) is 2.21. The number of rotatable bonds is 3. The summed E-state index contributed by atoms with van der Waals surface area (Å²) < 4.78 is 0. The number of carbonyl (C=O) groups excluding carboxylic acids is 1. The molecule has 0 bridgehead atoms. The largest absolute Gasteiger partial charge is 0.273 e. The lowest BCUT2D eigenvalue weighted by Gasteiger charge is -2.21. The van der Waals surface area contributed by atoms with Crippen LogP contribution in [0.25, 0.3) is 0 Å². The summed E-state index contributed by atoms with van der Waals surface area (Å²) in [5, 5.41) is 0. The van der Waals surface area contributed by atoms with Crippen LogP contribution in [0.1, 0.15) is 45.4 Å². The van der Waals surface area contributed by atoms with Gasteiger partial charge in [-0.2, -0.15) is 0 Å². The van der Waals surface area contributed by atoms with Crippen molar-refractivity contribution in [2.45, 2.75) is 51.6 Å². The molecule has 70 valence electrons. The summed E-state index contributed by atoms with van der Waals surface area (Å²) in [6, 6.07) is 0. The van der Waals surface area contributed by atoms with Gasteiger partial charge in [-0.25, -0.2) is 5.48 Å². The minimum Gasteiger partial charge on any atom is -0.273 e. The van der Waals surface area contributed by atoms with Crippen LogP contribution in [-0.2, 0) is 9.63 Å². The van der Waals surface area contributed by atoms with E-state index in [-0.39, 0.29) is 12.0 Å². The first-order chi connectivity index (χ1) is 5.83. The van der Waals surface area contributed by atoms with Crippen LogP contribution in [-0.4, -0.2) is 12.0 Å². The first kappa shape index (κ1) is 9.52. The van der Waals surface area contributed by atoms with Gasteiger partial charge in [0.2, 0.25) is 5.91 Å². The third kappa shape index (κ3) is 3.22. The van der Waals surface area contributed by atoms with E-state index < -0.39 is 0 Å². The molecule has 0 aromatic carbocycles. The highest BCUT2D eigenvalue weighted by molar-refractivity contribution is 5.74. The molecular formula is C9H17NO2. The summed E-state index contributed by atoms with van der Waals surface area (Å²) in [7, 11) is 0. The Bertz CT molecular complexity index is 141. The molecule has 0 radical (unpaired) electrons. The average molecular weight is 171 g/mol. The Kier molecular flexibility index (Phi) is 4.08. The first-order valence-corrected chi connectivity index (χ1v) is 4.77. The van der Waals surface area contributed by atoms with Crippen LogP contribution in [0.5, 0.6) is 0 Å². The van der Waals surface area contributed by atoms with E-state index in [0.29, 0.717) is 6.42 Å². The normalized spacial score (nSPS) is 19.1. The molecule has 0 aromatic rings. The molecule has 1 aliphatic rings. The Balaban J connectivity index is 2.09. The Morgan fingerprint density at radius 3 is 2.67 bits per heavy atom. The molecular weight excluding hydrogens is 154 g/mol. The monoisotopic (exact) mass is 171 g/mol. The van der Waals surface area contributed by atoms with Gasteiger partial charge in [0.1, 0.15) is 0 Å². The van der Waals surface area contributed by atoms with Crippen molar-refractivity contribution >= 4 is 5.91 Å². The number of nitrogens with one attached hydrogen (secondary N) is 1. The van der Waals surface area contributed by atoms with E-state index in [2.05, 4.69) is 5.48 Å². The van der Waals surface area contributed by atoms with Gasteiger partial charge < -0.3 is 0 Å². The van der Waals surface area contributed by atoms with Gasteiger partial charge in [0.15, 0.2) is 0 Å². The zero-order valence-corrected chi connectivity index (χ0v) is 7.64. The van der Waals surface area contributed by atoms with E-state index in [9.17, 15) is 4.79 Å². The van der Waals surface area contributed by atoms with Crippen LogP contribution in [0.3, 0.4) is 0 Å². The Morgan fingerprint density at radius 2 is 2.08 bits per heavy atom. The van der Waals surface area contributed by atoms with Gasteiger partial charge in [-0.15, -0.1) is 0 Å². The maximum absolute atomic E-state index is 10.8. The highest BCUT2D eigenvalue weighted by Gasteiger charge is 2.14. The number of hydrogen-bond acceptors (Lipinski definition) is 2. The van der Waals surface area contributed by atoms with Crippen molar-refractivity contribution in [2.75, 3.05) is 0 Å². The molecule has 12 heavy (non-hydrogen) atoms. The first-order valence-electron chi connectivity index (χ1n) is 4.77. The molecule has 1 saturated carbocycles. The molecule has 0 atom stereocenters. The average Bonchev–Trinajstić information content (AvgIpc) is 2.16. The highest BCUT2D eigenvalue weighted by atomic mass is 16.7. The highest BCUT2D eigenvalue weighted by Crippen LogP contribution is 2.19. The molecule has 3 heteroatoms. The van der Waals surface area contributed by atoms with Crippen molar-refractivity contribution in [3.05, 3.63) is 0 Å². The molecule has 1 N–H and O–H groups in total. The Labute approximate surface area is 73.4 Å². The second-order valence-corrected chi connectivity index (χ2v) is 3.26. The van der Waals surface area contributed by atoms with Gasteiger partial charge in [-0.1, -0.05) is 26.2 Å². The smallest absolute Gasteiger partial charge is 0.243 e. The fourth-order valence-corrected chi connectivity index (χ4v) is 1.40. The van der Waals surface area contributed by atoms with E-state index in [0.717, 1.165) is 12.8 Å². The van der Waals surface area contributed by atoms with Crippen LogP contribution in [0.2, 0.25) is 0 Å². The van der Waals surface area contributed by atoms with Gasteiger partial charge in [0.25, 0.3) is 0 Å². The molecule has 1 aliphatic carbocycles. The maximum Gasteiger partial charge on any atom is 0.243 e. The predicted molar refractivity (Wildman–Crippen MR) is 46.4 cm³/mol. The van der Waals surface area contributed by atoms with E-state index in [1.165, 1.54) is 19.3 Å². The summed E-state index contributed by atoms with van der Waals surface area (Å²) in [6.45, 7) is 1.82. The summed E-state index contributed by atoms with van der Waals surface area (Å²) in [4.78, 5) is 16.1. The van der Waals surface area contributed by atoms with E-state index in [4.69, 9.17) is 4.84 Å². The topological polar surface area (TPSA) is 38.3 Å². The van der Waals surface area contributed by atoms with Gasteiger partial charge >= 0.3 is 0 Å². The second kappa shape index (κ2) is 5.14. The van der Waals surface area contributed by atoms with Crippen LogP contribution < -0.4 is 5.48 Å². The molecule has 0 aromatic heterocycles. The number of carbonyl (C=O) groups is 1.